The normalized spacial score (nSPS) is 12.0. The minimum absolute atomic E-state index is 0.0823. The van der Waals surface area contributed by atoms with Crippen LogP contribution in [-0.4, -0.2) is 12.4 Å². The van der Waals surface area contributed by atoms with Crippen molar-refractivity contribution in [2.75, 3.05) is 6.61 Å². The number of hydrogen-bond acceptors (Lipinski definition) is 2. The average Bonchev–Trinajstić information content (AvgIpc) is 2.72. The maximum absolute atomic E-state index is 12.3. The van der Waals surface area contributed by atoms with Crippen LogP contribution in [0, 0.1) is 5.92 Å². The Balaban J connectivity index is 1.83. The first-order chi connectivity index (χ1) is 13.2. The fourth-order valence-electron chi connectivity index (χ4n) is 3.11. The van der Waals surface area contributed by atoms with E-state index in [0.29, 0.717) is 0 Å². The van der Waals surface area contributed by atoms with Crippen molar-refractivity contribution >= 4 is 5.78 Å². The predicted octanol–water partition coefficient (Wildman–Crippen LogP) is 7.32. The lowest BCUT2D eigenvalue weighted by atomic mass is 9.95. The summed E-state index contributed by atoms with van der Waals surface area (Å²) in [5.41, 5.74) is 3.06. The van der Waals surface area contributed by atoms with Crippen LogP contribution in [0.3, 0.4) is 0 Å². The van der Waals surface area contributed by atoms with E-state index in [2.05, 4.69) is 19.1 Å². The Morgan fingerprint density at radius 2 is 1.37 bits per heavy atom. The molecule has 0 aliphatic carbocycles. The van der Waals surface area contributed by atoms with Gasteiger partial charge in [-0.2, -0.15) is 0 Å². The van der Waals surface area contributed by atoms with Gasteiger partial charge in [0.25, 0.3) is 0 Å². The summed E-state index contributed by atoms with van der Waals surface area (Å²) in [4.78, 5) is 12.3. The van der Waals surface area contributed by atoms with Crippen molar-refractivity contribution < 1.29 is 9.53 Å². The van der Waals surface area contributed by atoms with Gasteiger partial charge in [0, 0.05) is 11.5 Å². The summed E-state index contributed by atoms with van der Waals surface area (Å²) in [6.07, 6.45) is 8.53. The Bertz CT molecular complexity index is 670. The van der Waals surface area contributed by atoms with Crippen LogP contribution in [0.15, 0.2) is 48.5 Å². The second-order valence-electron chi connectivity index (χ2n) is 7.39. The summed E-state index contributed by atoms with van der Waals surface area (Å²) in [7, 11) is 0. The minimum Gasteiger partial charge on any atom is -0.494 e. The summed E-state index contributed by atoms with van der Waals surface area (Å²) >= 11 is 0. The van der Waals surface area contributed by atoms with E-state index in [1.54, 1.807) is 0 Å². The number of Topliss-reactive ketones (excluding diaryl/α,β-unsaturated/α-hetero) is 1. The van der Waals surface area contributed by atoms with Crippen molar-refractivity contribution in [3.05, 3.63) is 54.1 Å². The number of hydrogen-bond donors (Lipinski definition) is 0. The van der Waals surface area contributed by atoms with Gasteiger partial charge >= 0.3 is 0 Å². The molecule has 0 radical (unpaired) electrons. The van der Waals surface area contributed by atoms with E-state index in [1.807, 2.05) is 50.2 Å². The fourth-order valence-corrected chi connectivity index (χ4v) is 3.11. The third-order valence-corrected chi connectivity index (χ3v) is 5.18. The van der Waals surface area contributed by atoms with E-state index in [4.69, 9.17) is 4.74 Å². The fraction of sp³-hybridized carbons (Fsp3) is 0.480. The molecule has 2 aromatic rings. The van der Waals surface area contributed by atoms with E-state index in [-0.39, 0.29) is 11.7 Å². The molecule has 0 amide bonds. The quantitative estimate of drug-likeness (QED) is 0.290. The molecule has 2 aromatic carbocycles. The van der Waals surface area contributed by atoms with Crippen molar-refractivity contribution in [1.29, 1.82) is 0 Å². The lowest BCUT2D eigenvalue weighted by molar-refractivity contribution is 0.0927. The van der Waals surface area contributed by atoms with Gasteiger partial charge in [0.15, 0.2) is 5.78 Å². The van der Waals surface area contributed by atoms with Crippen LogP contribution in [-0.2, 0) is 0 Å². The van der Waals surface area contributed by atoms with Crippen molar-refractivity contribution in [2.45, 2.75) is 65.7 Å². The molecule has 1 unspecified atom stereocenters. The van der Waals surface area contributed by atoms with Crippen molar-refractivity contribution in [2.24, 2.45) is 5.92 Å². The number of ketones is 1. The summed E-state index contributed by atoms with van der Waals surface area (Å²) in [6.45, 7) is 7.07. The molecule has 0 N–H and O–H groups in total. The molecule has 0 aliphatic heterocycles. The third kappa shape index (κ3) is 6.86. The Labute approximate surface area is 165 Å². The molecule has 0 aliphatic rings. The SMILES string of the molecule is CCCCCCCCOc1ccc(-c2ccc(C(=O)C(C)CC)cc2)cc1. The molecule has 146 valence electrons. The van der Waals surface area contributed by atoms with Gasteiger partial charge in [-0.3, -0.25) is 4.79 Å². The Kier molecular flexibility index (Phi) is 9.10. The average molecular weight is 367 g/mol. The summed E-state index contributed by atoms with van der Waals surface area (Å²) < 4.78 is 5.85. The van der Waals surface area contributed by atoms with E-state index >= 15 is 0 Å². The molecule has 0 aromatic heterocycles. The first kappa shape index (κ1) is 21.2. The topological polar surface area (TPSA) is 26.3 Å². The minimum atomic E-state index is 0.0823. The smallest absolute Gasteiger partial charge is 0.165 e. The van der Waals surface area contributed by atoms with Crippen LogP contribution in [0.4, 0.5) is 0 Å². The van der Waals surface area contributed by atoms with Crippen molar-refractivity contribution in [1.82, 2.24) is 0 Å². The maximum atomic E-state index is 12.3. The molecule has 27 heavy (non-hydrogen) atoms. The summed E-state index contributed by atoms with van der Waals surface area (Å²) in [6, 6.07) is 16.2. The van der Waals surface area contributed by atoms with Gasteiger partial charge in [0.1, 0.15) is 5.75 Å². The van der Waals surface area contributed by atoms with Gasteiger partial charge in [-0.25, -0.2) is 0 Å². The van der Waals surface area contributed by atoms with Gasteiger partial charge in [-0.1, -0.05) is 89.3 Å². The molecule has 1 atom stereocenters. The second-order valence-corrected chi connectivity index (χ2v) is 7.39. The largest absolute Gasteiger partial charge is 0.494 e. The standard InChI is InChI=1S/C25H34O2/c1-4-6-7-8-9-10-19-27-24-17-15-22(16-18-24)21-11-13-23(14-12-21)25(26)20(3)5-2/h11-18,20H,4-10,19H2,1-3H3. The molecule has 0 saturated heterocycles. The molecule has 2 rings (SSSR count). The Hall–Kier alpha value is -2.09. The monoisotopic (exact) mass is 366 g/mol. The number of ether oxygens (including phenoxy) is 1. The highest BCUT2D eigenvalue weighted by atomic mass is 16.5. The third-order valence-electron chi connectivity index (χ3n) is 5.18. The van der Waals surface area contributed by atoms with Gasteiger partial charge in [0.05, 0.1) is 6.61 Å². The zero-order valence-corrected chi connectivity index (χ0v) is 17.2. The molecule has 2 heteroatoms. The Morgan fingerprint density at radius 3 is 1.96 bits per heavy atom. The lowest BCUT2D eigenvalue weighted by Crippen LogP contribution is -2.09. The van der Waals surface area contributed by atoms with Gasteiger partial charge in [0.2, 0.25) is 0 Å². The van der Waals surface area contributed by atoms with Gasteiger partial charge in [-0.15, -0.1) is 0 Å². The molecule has 0 saturated carbocycles. The maximum Gasteiger partial charge on any atom is 0.165 e. The molecular formula is C25H34O2. The first-order valence-corrected chi connectivity index (χ1v) is 10.5. The van der Waals surface area contributed by atoms with Crippen LogP contribution in [0.5, 0.6) is 5.75 Å². The zero-order valence-electron chi connectivity index (χ0n) is 17.2. The van der Waals surface area contributed by atoms with Crippen LogP contribution in [0.25, 0.3) is 11.1 Å². The number of carbonyl (C=O) groups excluding carboxylic acids is 1. The van der Waals surface area contributed by atoms with E-state index in [0.717, 1.165) is 41.9 Å². The van der Waals surface area contributed by atoms with Crippen molar-refractivity contribution in [3.63, 3.8) is 0 Å². The summed E-state index contributed by atoms with van der Waals surface area (Å²) in [5.74, 6) is 1.23. The van der Waals surface area contributed by atoms with E-state index < -0.39 is 0 Å². The second kappa shape index (κ2) is 11.6. The van der Waals surface area contributed by atoms with Gasteiger partial charge < -0.3 is 4.74 Å². The van der Waals surface area contributed by atoms with E-state index in [9.17, 15) is 4.79 Å². The molecule has 2 nitrogen and oxygen atoms in total. The molecule has 0 spiro atoms. The van der Waals surface area contributed by atoms with Crippen LogP contribution >= 0.6 is 0 Å². The molecule has 0 bridgehead atoms. The van der Waals surface area contributed by atoms with Crippen LogP contribution in [0.1, 0.15) is 76.1 Å². The van der Waals surface area contributed by atoms with Crippen LogP contribution < -0.4 is 4.74 Å². The number of carbonyl (C=O) groups is 1. The Morgan fingerprint density at radius 1 is 0.815 bits per heavy atom. The van der Waals surface area contributed by atoms with E-state index in [1.165, 1.54) is 32.1 Å². The van der Waals surface area contributed by atoms with Crippen molar-refractivity contribution in [3.8, 4) is 16.9 Å². The number of rotatable bonds is 12. The zero-order chi connectivity index (χ0) is 19.5. The number of benzene rings is 2. The molecule has 0 fully saturated rings. The predicted molar refractivity (Wildman–Crippen MR) is 115 cm³/mol. The highest BCUT2D eigenvalue weighted by molar-refractivity contribution is 5.98. The highest BCUT2D eigenvalue weighted by Crippen LogP contribution is 2.24. The molecule has 0 heterocycles. The van der Waals surface area contributed by atoms with Crippen LogP contribution in [0.2, 0.25) is 0 Å². The molecular weight excluding hydrogens is 332 g/mol. The summed E-state index contributed by atoms with van der Waals surface area (Å²) in [5, 5.41) is 0. The lowest BCUT2D eigenvalue weighted by Gasteiger charge is -2.09. The first-order valence-electron chi connectivity index (χ1n) is 10.5. The number of unbranched alkanes of at least 4 members (excludes halogenated alkanes) is 5. The van der Waals surface area contributed by atoms with Gasteiger partial charge in [-0.05, 0) is 36.1 Å². The highest BCUT2D eigenvalue weighted by Gasteiger charge is 2.13.